The highest BCUT2D eigenvalue weighted by atomic mass is 19.4. The van der Waals surface area contributed by atoms with Gasteiger partial charge in [0.1, 0.15) is 0 Å². The maximum absolute atomic E-state index is 12.3. The molecule has 0 aromatic heterocycles. The molecule has 0 unspecified atom stereocenters. The number of nitrogens with zero attached hydrogens (tertiary/aromatic N) is 1. The molecule has 2 N–H and O–H groups in total. The zero-order valence-corrected chi connectivity index (χ0v) is 8.25. The molecule has 5 heteroatoms. The molecule has 0 saturated carbocycles. The van der Waals surface area contributed by atoms with Crippen molar-refractivity contribution in [1.29, 1.82) is 5.26 Å². The van der Waals surface area contributed by atoms with Crippen LogP contribution in [0.5, 0.6) is 0 Å². The number of nitrogen functional groups attached to an aromatic ring is 1. The number of benzene rings is 1. The number of hydrogen-bond donors (Lipinski definition) is 1. The predicted octanol–water partition coefficient (Wildman–Crippen LogP) is 3.21. The number of halogens is 3. The van der Waals surface area contributed by atoms with E-state index in [0.717, 1.165) is 6.07 Å². The summed E-state index contributed by atoms with van der Waals surface area (Å²) in [5.74, 6) is 0. The van der Waals surface area contributed by atoms with Crippen LogP contribution in [0.3, 0.4) is 0 Å². The zero-order valence-electron chi connectivity index (χ0n) is 8.25. The van der Waals surface area contributed by atoms with E-state index in [-0.39, 0.29) is 12.1 Å². The number of allylic oxidation sites excluding steroid dienone is 1. The van der Waals surface area contributed by atoms with E-state index in [1.165, 1.54) is 12.1 Å². The van der Waals surface area contributed by atoms with Crippen molar-refractivity contribution >= 4 is 11.8 Å². The molecule has 1 aromatic carbocycles. The summed E-state index contributed by atoms with van der Waals surface area (Å²) in [5, 5.41) is 8.27. The van der Waals surface area contributed by atoms with E-state index in [9.17, 15) is 13.2 Å². The molecule has 16 heavy (non-hydrogen) atoms. The van der Waals surface area contributed by atoms with Crippen molar-refractivity contribution in [2.45, 2.75) is 12.6 Å². The minimum absolute atomic E-state index is 0.209. The van der Waals surface area contributed by atoms with Gasteiger partial charge in [0.2, 0.25) is 0 Å². The Bertz CT molecular complexity index is 442. The van der Waals surface area contributed by atoms with Gasteiger partial charge in [-0.2, -0.15) is 18.4 Å². The molecule has 1 aromatic rings. The number of rotatable bonds is 2. The molecule has 0 aliphatic carbocycles. The molecule has 0 bridgehead atoms. The number of nitriles is 1. The summed E-state index contributed by atoms with van der Waals surface area (Å²) < 4.78 is 37.0. The molecule has 1 rings (SSSR count). The van der Waals surface area contributed by atoms with Crippen LogP contribution >= 0.6 is 0 Å². The first-order valence-electron chi connectivity index (χ1n) is 4.45. The van der Waals surface area contributed by atoms with Crippen LogP contribution in [0.1, 0.15) is 17.5 Å². The molecule has 84 valence electrons. The summed E-state index contributed by atoms with van der Waals surface area (Å²) in [7, 11) is 0. The van der Waals surface area contributed by atoms with Gasteiger partial charge in [0, 0.05) is 5.69 Å². The Balaban J connectivity index is 2.97. The van der Waals surface area contributed by atoms with Crippen LogP contribution in [0.25, 0.3) is 6.08 Å². The molecule has 0 aliphatic rings. The lowest BCUT2D eigenvalue weighted by atomic mass is 10.1. The third kappa shape index (κ3) is 3.02. The summed E-state index contributed by atoms with van der Waals surface area (Å²) >= 11 is 0. The van der Waals surface area contributed by atoms with Crippen LogP contribution in [-0.2, 0) is 6.18 Å². The van der Waals surface area contributed by atoms with Crippen LogP contribution in [0.4, 0.5) is 18.9 Å². The van der Waals surface area contributed by atoms with Crippen molar-refractivity contribution in [1.82, 2.24) is 0 Å². The van der Waals surface area contributed by atoms with Gasteiger partial charge in [-0.15, -0.1) is 0 Å². The molecule has 0 saturated heterocycles. The Morgan fingerprint density at radius 1 is 1.38 bits per heavy atom. The molecular weight excluding hydrogens is 217 g/mol. The highest BCUT2D eigenvalue weighted by Gasteiger charge is 2.32. The third-order valence-corrected chi connectivity index (χ3v) is 1.90. The highest BCUT2D eigenvalue weighted by molar-refractivity contribution is 5.59. The van der Waals surface area contributed by atoms with Crippen LogP contribution < -0.4 is 5.73 Å². The molecule has 0 aliphatic heterocycles. The lowest BCUT2D eigenvalue weighted by Crippen LogP contribution is -2.08. The van der Waals surface area contributed by atoms with E-state index in [2.05, 4.69) is 0 Å². The maximum atomic E-state index is 12.3. The van der Waals surface area contributed by atoms with Crippen LogP contribution in [0, 0.1) is 11.3 Å². The Hall–Kier alpha value is -1.96. The summed E-state index contributed by atoms with van der Waals surface area (Å²) in [6, 6.07) is 5.37. The fourth-order valence-corrected chi connectivity index (χ4v) is 1.19. The highest BCUT2D eigenvalue weighted by Crippen LogP contribution is 2.33. The van der Waals surface area contributed by atoms with Gasteiger partial charge in [-0.25, -0.2) is 0 Å². The predicted molar refractivity (Wildman–Crippen MR) is 55.1 cm³/mol. The first-order chi connectivity index (χ1) is 7.45. The minimum Gasteiger partial charge on any atom is -0.398 e. The van der Waals surface area contributed by atoms with Gasteiger partial charge in [-0.3, -0.25) is 0 Å². The Labute approximate surface area is 90.8 Å². The van der Waals surface area contributed by atoms with E-state index in [0.29, 0.717) is 5.56 Å². The Morgan fingerprint density at radius 2 is 2.06 bits per heavy atom. The van der Waals surface area contributed by atoms with Crippen molar-refractivity contribution in [2.24, 2.45) is 0 Å². The third-order valence-electron chi connectivity index (χ3n) is 1.90. The summed E-state index contributed by atoms with van der Waals surface area (Å²) in [5.41, 5.74) is 4.68. The number of anilines is 1. The van der Waals surface area contributed by atoms with Gasteiger partial charge in [0.15, 0.2) is 0 Å². The molecule has 0 radical (unpaired) electrons. The average Bonchev–Trinajstić information content (AvgIpc) is 2.16. The SMILES string of the molecule is N#CCC=Cc1ccc(C(F)(F)F)c(N)c1. The Kier molecular flexibility index (Phi) is 3.56. The van der Waals surface area contributed by atoms with E-state index in [1.807, 2.05) is 6.07 Å². The van der Waals surface area contributed by atoms with Crippen molar-refractivity contribution in [3.63, 3.8) is 0 Å². The standard InChI is InChI=1S/C11H9F3N2/c12-11(13,14)9-5-4-8(7-10(9)16)3-1-2-6-15/h1,3-5,7H,2,16H2. The van der Waals surface area contributed by atoms with E-state index < -0.39 is 11.7 Å². The lowest BCUT2D eigenvalue weighted by Gasteiger charge is -2.09. The second kappa shape index (κ2) is 4.71. The van der Waals surface area contributed by atoms with Gasteiger partial charge in [-0.1, -0.05) is 18.2 Å². The van der Waals surface area contributed by atoms with Gasteiger partial charge in [-0.05, 0) is 17.7 Å². The molecular formula is C11H9F3N2. The number of nitrogens with two attached hydrogens (primary N) is 1. The largest absolute Gasteiger partial charge is 0.418 e. The summed E-state index contributed by atoms with van der Waals surface area (Å²) in [6.45, 7) is 0. The van der Waals surface area contributed by atoms with E-state index in [1.54, 1.807) is 12.2 Å². The van der Waals surface area contributed by atoms with Gasteiger partial charge in [0.25, 0.3) is 0 Å². The normalized spacial score (nSPS) is 11.6. The van der Waals surface area contributed by atoms with Crippen molar-refractivity contribution in [3.8, 4) is 6.07 Å². The summed E-state index contributed by atoms with van der Waals surface area (Å²) in [4.78, 5) is 0. The first-order valence-corrected chi connectivity index (χ1v) is 4.45. The quantitative estimate of drug-likeness (QED) is 0.787. The van der Waals surface area contributed by atoms with Gasteiger partial charge in [0.05, 0.1) is 18.1 Å². The van der Waals surface area contributed by atoms with Crippen molar-refractivity contribution in [3.05, 3.63) is 35.4 Å². The van der Waals surface area contributed by atoms with Crippen LogP contribution in [0.15, 0.2) is 24.3 Å². The number of alkyl halides is 3. The fraction of sp³-hybridized carbons (Fsp3) is 0.182. The smallest absolute Gasteiger partial charge is 0.398 e. The topological polar surface area (TPSA) is 49.8 Å². The Morgan fingerprint density at radius 3 is 2.56 bits per heavy atom. The van der Waals surface area contributed by atoms with Crippen molar-refractivity contribution < 1.29 is 13.2 Å². The minimum atomic E-state index is -4.43. The van der Waals surface area contributed by atoms with Crippen LogP contribution in [-0.4, -0.2) is 0 Å². The molecule has 0 spiro atoms. The lowest BCUT2D eigenvalue weighted by molar-refractivity contribution is -0.136. The zero-order chi connectivity index (χ0) is 12.2. The molecule has 0 amide bonds. The fourth-order valence-electron chi connectivity index (χ4n) is 1.19. The number of hydrogen-bond acceptors (Lipinski definition) is 2. The monoisotopic (exact) mass is 226 g/mol. The first kappa shape index (κ1) is 12.1. The van der Waals surface area contributed by atoms with Gasteiger partial charge >= 0.3 is 6.18 Å². The molecule has 0 fully saturated rings. The molecule has 2 nitrogen and oxygen atoms in total. The maximum Gasteiger partial charge on any atom is 0.418 e. The average molecular weight is 226 g/mol. The second-order valence-electron chi connectivity index (χ2n) is 3.11. The van der Waals surface area contributed by atoms with Crippen LogP contribution in [0.2, 0.25) is 0 Å². The summed E-state index contributed by atoms with van der Waals surface area (Å²) in [6.07, 6.45) is -1.11. The van der Waals surface area contributed by atoms with Crippen molar-refractivity contribution in [2.75, 3.05) is 5.73 Å². The molecule has 0 heterocycles. The van der Waals surface area contributed by atoms with E-state index in [4.69, 9.17) is 11.0 Å². The molecule has 0 atom stereocenters. The van der Waals surface area contributed by atoms with Gasteiger partial charge < -0.3 is 5.73 Å². The van der Waals surface area contributed by atoms with E-state index >= 15 is 0 Å². The second-order valence-corrected chi connectivity index (χ2v) is 3.11.